The van der Waals surface area contributed by atoms with Gasteiger partial charge in [0, 0.05) is 7.05 Å². The Balaban J connectivity index is 2.40. The normalized spacial score (nSPS) is 11.2. The fraction of sp³-hybridized carbons (Fsp3) is 0.125. The van der Waals surface area contributed by atoms with Crippen LogP contribution in [0.15, 0.2) is 10.8 Å². The number of halogens is 2. The van der Waals surface area contributed by atoms with Gasteiger partial charge in [0.2, 0.25) is 5.28 Å². The van der Waals surface area contributed by atoms with E-state index >= 15 is 0 Å². The van der Waals surface area contributed by atoms with Crippen LogP contribution in [0.5, 0.6) is 0 Å². The smallest absolute Gasteiger partial charge is 0.225 e. The molecule has 7 nitrogen and oxygen atoms in total. The second-order valence-corrected chi connectivity index (χ2v) is 4.42. The Labute approximate surface area is 108 Å². The molecule has 0 aromatic carbocycles. The van der Waals surface area contributed by atoms with Crippen LogP contribution >= 0.6 is 27.5 Å². The Morgan fingerprint density at radius 2 is 2.24 bits per heavy atom. The summed E-state index contributed by atoms with van der Waals surface area (Å²) < 4.78 is 2.20. The van der Waals surface area contributed by atoms with Gasteiger partial charge in [0.05, 0.1) is 11.6 Å². The van der Waals surface area contributed by atoms with Crippen LogP contribution in [-0.4, -0.2) is 35.2 Å². The molecule has 3 aromatic heterocycles. The van der Waals surface area contributed by atoms with E-state index in [1.807, 2.05) is 0 Å². The van der Waals surface area contributed by atoms with Crippen LogP contribution in [0, 0.1) is 0 Å². The molecule has 3 aromatic rings. The number of nitrogens with one attached hydrogen (secondary N) is 1. The topological polar surface area (TPSA) is 85.2 Å². The summed E-state index contributed by atoms with van der Waals surface area (Å²) in [5.74, 6) is 0. The van der Waals surface area contributed by atoms with Gasteiger partial charge in [-0.3, -0.25) is 5.10 Å². The number of fused-ring (bicyclic) bond motifs is 1. The fourth-order valence-electron chi connectivity index (χ4n) is 1.57. The summed E-state index contributed by atoms with van der Waals surface area (Å²) in [7, 11) is 1.77. The molecule has 0 unspecified atom stereocenters. The number of hydrogen-bond donors (Lipinski definition) is 1. The Hall–Kier alpha value is -1.54. The zero-order valence-corrected chi connectivity index (χ0v) is 10.9. The highest BCUT2D eigenvalue weighted by Gasteiger charge is 2.17. The quantitative estimate of drug-likeness (QED) is 0.689. The third-order valence-corrected chi connectivity index (χ3v) is 3.00. The highest BCUT2D eigenvalue weighted by atomic mass is 79.9. The average Bonchev–Trinajstić information content (AvgIpc) is 2.85. The number of aryl methyl sites for hydroxylation is 1. The highest BCUT2D eigenvalue weighted by molar-refractivity contribution is 9.10. The van der Waals surface area contributed by atoms with Crippen molar-refractivity contribution < 1.29 is 0 Å². The molecule has 0 aliphatic heterocycles. The standard InChI is InChI=1S/C8H5BrClN7/c1-17-5(6(9)14-16-17)4-3-2-11-15-7(3)13-8(10)12-4/h2H,1H3,(H,11,12,13,15). The third kappa shape index (κ3) is 1.60. The first-order chi connectivity index (χ1) is 8.16. The van der Waals surface area contributed by atoms with Crippen LogP contribution in [0.4, 0.5) is 0 Å². The molecule has 0 aliphatic carbocycles. The number of aromatic amines is 1. The van der Waals surface area contributed by atoms with Gasteiger partial charge in [-0.05, 0) is 27.5 Å². The van der Waals surface area contributed by atoms with E-state index in [0.717, 1.165) is 11.1 Å². The van der Waals surface area contributed by atoms with Crippen molar-refractivity contribution in [2.45, 2.75) is 0 Å². The van der Waals surface area contributed by atoms with Crippen molar-refractivity contribution >= 4 is 38.6 Å². The molecule has 3 heterocycles. The Bertz CT molecular complexity index is 684. The zero-order chi connectivity index (χ0) is 12.0. The van der Waals surface area contributed by atoms with Gasteiger partial charge in [-0.2, -0.15) is 10.1 Å². The van der Waals surface area contributed by atoms with Crippen LogP contribution in [-0.2, 0) is 7.05 Å². The average molecular weight is 315 g/mol. The summed E-state index contributed by atoms with van der Waals surface area (Å²) in [6, 6.07) is 0. The molecule has 0 atom stereocenters. The number of aromatic nitrogens is 7. The predicted octanol–water partition coefficient (Wildman–Crippen LogP) is 1.56. The summed E-state index contributed by atoms with van der Waals surface area (Å²) in [6.07, 6.45) is 1.64. The molecule has 0 saturated carbocycles. The van der Waals surface area contributed by atoms with E-state index in [0.29, 0.717) is 15.9 Å². The van der Waals surface area contributed by atoms with Crippen LogP contribution in [0.1, 0.15) is 0 Å². The molecule has 0 bridgehead atoms. The highest BCUT2D eigenvalue weighted by Crippen LogP contribution is 2.29. The molecule has 17 heavy (non-hydrogen) atoms. The van der Waals surface area contributed by atoms with Gasteiger partial charge >= 0.3 is 0 Å². The maximum atomic E-state index is 5.87. The van der Waals surface area contributed by atoms with Crippen molar-refractivity contribution in [3.8, 4) is 11.4 Å². The predicted molar refractivity (Wildman–Crippen MR) is 64.4 cm³/mol. The molecular weight excluding hydrogens is 309 g/mol. The van der Waals surface area contributed by atoms with Gasteiger partial charge in [0.25, 0.3) is 0 Å². The van der Waals surface area contributed by atoms with E-state index in [1.54, 1.807) is 17.9 Å². The van der Waals surface area contributed by atoms with Crippen LogP contribution < -0.4 is 0 Å². The van der Waals surface area contributed by atoms with Crippen LogP contribution in [0.2, 0.25) is 5.28 Å². The second kappa shape index (κ2) is 3.74. The fourth-order valence-corrected chi connectivity index (χ4v) is 2.26. The molecule has 3 rings (SSSR count). The number of rotatable bonds is 1. The van der Waals surface area contributed by atoms with Crippen molar-refractivity contribution in [2.24, 2.45) is 7.05 Å². The van der Waals surface area contributed by atoms with E-state index in [4.69, 9.17) is 11.6 Å². The zero-order valence-electron chi connectivity index (χ0n) is 8.52. The molecular formula is C8H5BrClN7. The van der Waals surface area contributed by atoms with Crippen LogP contribution in [0.25, 0.3) is 22.4 Å². The first-order valence-corrected chi connectivity index (χ1v) is 5.76. The van der Waals surface area contributed by atoms with Gasteiger partial charge in [-0.15, -0.1) is 5.10 Å². The Morgan fingerprint density at radius 1 is 1.41 bits per heavy atom. The van der Waals surface area contributed by atoms with E-state index in [2.05, 4.69) is 46.4 Å². The van der Waals surface area contributed by atoms with Gasteiger partial charge in [-0.1, -0.05) is 5.21 Å². The lowest BCUT2D eigenvalue weighted by Crippen LogP contribution is -1.97. The molecule has 0 amide bonds. The number of hydrogen-bond acceptors (Lipinski definition) is 5. The van der Waals surface area contributed by atoms with Gasteiger partial charge in [0.1, 0.15) is 11.4 Å². The summed E-state index contributed by atoms with van der Waals surface area (Å²) >= 11 is 9.19. The van der Waals surface area contributed by atoms with E-state index < -0.39 is 0 Å². The summed E-state index contributed by atoms with van der Waals surface area (Å²) in [6.45, 7) is 0. The minimum absolute atomic E-state index is 0.143. The Kier molecular flexibility index (Phi) is 2.33. The molecule has 0 fully saturated rings. The lowest BCUT2D eigenvalue weighted by Gasteiger charge is -2.02. The molecule has 0 spiro atoms. The minimum atomic E-state index is 0.143. The van der Waals surface area contributed by atoms with Gasteiger partial charge in [-0.25, -0.2) is 9.67 Å². The first kappa shape index (κ1) is 10.6. The summed E-state index contributed by atoms with van der Waals surface area (Å²) in [5, 5.41) is 15.4. The molecule has 86 valence electrons. The van der Waals surface area contributed by atoms with Gasteiger partial charge in [0.15, 0.2) is 10.3 Å². The monoisotopic (exact) mass is 313 g/mol. The maximum absolute atomic E-state index is 5.87. The summed E-state index contributed by atoms with van der Waals surface area (Å²) in [5.41, 5.74) is 1.93. The third-order valence-electron chi connectivity index (χ3n) is 2.29. The molecule has 0 radical (unpaired) electrons. The molecule has 0 aliphatic rings. The Morgan fingerprint density at radius 3 is 2.94 bits per heavy atom. The van der Waals surface area contributed by atoms with Crippen molar-refractivity contribution in [1.29, 1.82) is 0 Å². The SMILES string of the molecule is Cn1nnc(Br)c1-c1nc(Cl)nc2[nH]ncc12. The second-order valence-electron chi connectivity index (χ2n) is 3.33. The summed E-state index contributed by atoms with van der Waals surface area (Å²) in [4.78, 5) is 8.24. The van der Waals surface area contributed by atoms with E-state index in [1.165, 1.54) is 0 Å². The van der Waals surface area contributed by atoms with Crippen molar-refractivity contribution in [3.63, 3.8) is 0 Å². The minimum Gasteiger partial charge on any atom is -0.261 e. The first-order valence-electron chi connectivity index (χ1n) is 4.59. The van der Waals surface area contributed by atoms with Crippen molar-refractivity contribution in [2.75, 3.05) is 0 Å². The van der Waals surface area contributed by atoms with Crippen molar-refractivity contribution in [1.82, 2.24) is 35.2 Å². The van der Waals surface area contributed by atoms with E-state index in [-0.39, 0.29) is 5.28 Å². The molecule has 0 saturated heterocycles. The number of H-pyrrole nitrogens is 1. The lowest BCUT2D eigenvalue weighted by molar-refractivity contribution is 0.719. The number of nitrogens with zero attached hydrogens (tertiary/aromatic N) is 6. The van der Waals surface area contributed by atoms with Crippen molar-refractivity contribution in [3.05, 3.63) is 16.1 Å². The largest absolute Gasteiger partial charge is 0.261 e. The molecule has 9 heteroatoms. The lowest BCUT2D eigenvalue weighted by atomic mass is 10.2. The molecule has 1 N–H and O–H groups in total. The maximum Gasteiger partial charge on any atom is 0.225 e. The van der Waals surface area contributed by atoms with Gasteiger partial charge < -0.3 is 0 Å². The van der Waals surface area contributed by atoms with E-state index in [9.17, 15) is 0 Å². The van der Waals surface area contributed by atoms with Crippen LogP contribution in [0.3, 0.4) is 0 Å².